The zero-order chi connectivity index (χ0) is 15.0. The zero-order valence-electron chi connectivity index (χ0n) is 13.1. The minimum absolute atomic E-state index is 0.0613. The highest BCUT2D eigenvalue weighted by molar-refractivity contribution is 6.20. The van der Waals surface area contributed by atoms with Gasteiger partial charge in [0.2, 0.25) is 0 Å². The zero-order valence-corrected chi connectivity index (χ0v) is 13.9. The summed E-state index contributed by atoms with van der Waals surface area (Å²) in [6.07, 6.45) is 2.46. The molecule has 4 heteroatoms. The van der Waals surface area contributed by atoms with Crippen LogP contribution in [0.25, 0.3) is 11.0 Å². The van der Waals surface area contributed by atoms with Gasteiger partial charge in [-0.3, -0.25) is 0 Å². The molecule has 1 aliphatic heterocycles. The number of hydrogen-bond donors (Lipinski definition) is 0. The predicted octanol–water partition coefficient (Wildman–Crippen LogP) is 4.30. The van der Waals surface area contributed by atoms with E-state index in [2.05, 4.69) is 41.5 Å². The van der Waals surface area contributed by atoms with Crippen molar-refractivity contribution in [3.8, 4) is 0 Å². The normalized spacial score (nSPS) is 21.8. The van der Waals surface area contributed by atoms with Crippen molar-refractivity contribution >= 4 is 22.6 Å². The summed E-state index contributed by atoms with van der Waals surface area (Å²) in [5, 5.41) is -0.0613. The van der Waals surface area contributed by atoms with Gasteiger partial charge in [0.25, 0.3) is 0 Å². The Labute approximate surface area is 131 Å². The van der Waals surface area contributed by atoms with Crippen LogP contribution in [0.1, 0.15) is 49.5 Å². The van der Waals surface area contributed by atoms with Gasteiger partial charge < -0.3 is 9.47 Å². The molecule has 2 aromatic rings. The number of piperidine rings is 1. The maximum Gasteiger partial charge on any atom is 0.128 e. The molecule has 0 aliphatic carbocycles. The third kappa shape index (κ3) is 2.69. The molecule has 2 atom stereocenters. The van der Waals surface area contributed by atoms with Crippen molar-refractivity contribution in [1.82, 2.24) is 14.5 Å². The van der Waals surface area contributed by atoms with E-state index in [1.165, 1.54) is 30.5 Å². The van der Waals surface area contributed by atoms with E-state index in [1.54, 1.807) is 0 Å². The van der Waals surface area contributed by atoms with Crippen molar-refractivity contribution in [1.29, 1.82) is 0 Å². The summed E-state index contributed by atoms with van der Waals surface area (Å²) < 4.78 is 2.40. The number of likely N-dealkylation sites (N-methyl/N-ethyl adjacent to an activating group) is 1. The number of nitrogens with zero attached hydrogens (tertiary/aromatic N) is 3. The standard InChI is InChI=1S/C17H24ClN3/c1-4-20-10-6-8-14(11-20)21-15-9-5-7-12(2)16(15)19-17(21)13(3)18/h5,7,9,13-14H,4,6,8,10-11H2,1-3H3. The Morgan fingerprint density at radius 1 is 1.43 bits per heavy atom. The third-order valence-electron chi connectivity index (χ3n) is 4.60. The van der Waals surface area contributed by atoms with Gasteiger partial charge in [0, 0.05) is 12.6 Å². The van der Waals surface area contributed by atoms with Crippen molar-refractivity contribution in [3.63, 3.8) is 0 Å². The first-order valence-electron chi connectivity index (χ1n) is 7.95. The second-order valence-corrected chi connectivity index (χ2v) is 6.74. The number of aryl methyl sites for hydroxylation is 1. The lowest BCUT2D eigenvalue weighted by molar-refractivity contribution is 0.185. The maximum atomic E-state index is 6.42. The summed E-state index contributed by atoms with van der Waals surface area (Å²) in [5.41, 5.74) is 3.57. The van der Waals surface area contributed by atoms with Crippen LogP contribution in [0, 0.1) is 6.92 Å². The molecule has 0 radical (unpaired) electrons. The molecule has 114 valence electrons. The fourth-order valence-electron chi connectivity index (χ4n) is 3.47. The Bertz CT molecular complexity index is 632. The van der Waals surface area contributed by atoms with Crippen molar-refractivity contribution < 1.29 is 0 Å². The molecule has 1 aromatic carbocycles. The fraction of sp³-hybridized carbons (Fsp3) is 0.588. The Balaban J connectivity index is 2.11. The van der Waals surface area contributed by atoms with Gasteiger partial charge in [-0.1, -0.05) is 19.1 Å². The van der Waals surface area contributed by atoms with Crippen LogP contribution in [0.5, 0.6) is 0 Å². The maximum absolute atomic E-state index is 6.42. The van der Waals surface area contributed by atoms with Gasteiger partial charge in [0.05, 0.1) is 16.4 Å². The molecule has 1 aliphatic rings. The molecular weight excluding hydrogens is 282 g/mol. The van der Waals surface area contributed by atoms with E-state index in [9.17, 15) is 0 Å². The quantitative estimate of drug-likeness (QED) is 0.788. The first-order chi connectivity index (χ1) is 10.1. The number of para-hydroxylation sites is 1. The summed E-state index contributed by atoms with van der Waals surface area (Å²) in [5.74, 6) is 1.02. The minimum atomic E-state index is -0.0613. The summed E-state index contributed by atoms with van der Waals surface area (Å²) in [7, 11) is 0. The number of fused-ring (bicyclic) bond motifs is 1. The SMILES string of the molecule is CCN1CCCC(n2c(C(C)Cl)nc3c(C)cccc32)C1. The Morgan fingerprint density at radius 2 is 2.24 bits per heavy atom. The van der Waals surface area contributed by atoms with E-state index in [1.807, 2.05) is 6.92 Å². The summed E-state index contributed by atoms with van der Waals surface area (Å²) >= 11 is 6.42. The Kier molecular flexibility index (Phi) is 4.23. The number of imidazole rings is 1. The van der Waals surface area contributed by atoms with E-state index in [-0.39, 0.29) is 5.38 Å². The van der Waals surface area contributed by atoms with Crippen LogP contribution >= 0.6 is 11.6 Å². The number of benzene rings is 1. The number of aromatic nitrogens is 2. The van der Waals surface area contributed by atoms with Crippen LogP contribution in [0.4, 0.5) is 0 Å². The van der Waals surface area contributed by atoms with Crippen molar-refractivity contribution in [2.75, 3.05) is 19.6 Å². The predicted molar refractivity (Wildman–Crippen MR) is 89.1 cm³/mol. The monoisotopic (exact) mass is 305 g/mol. The lowest BCUT2D eigenvalue weighted by atomic mass is 10.0. The number of halogens is 1. The number of rotatable bonds is 3. The lowest BCUT2D eigenvalue weighted by Gasteiger charge is -2.34. The molecule has 1 saturated heterocycles. The first kappa shape index (κ1) is 14.9. The van der Waals surface area contributed by atoms with Gasteiger partial charge in [-0.2, -0.15) is 0 Å². The first-order valence-corrected chi connectivity index (χ1v) is 8.39. The minimum Gasteiger partial charge on any atom is -0.322 e. The smallest absolute Gasteiger partial charge is 0.128 e. The van der Waals surface area contributed by atoms with Gasteiger partial charge in [-0.05, 0) is 51.4 Å². The molecule has 0 saturated carbocycles. The molecular formula is C17H24ClN3. The highest BCUT2D eigenvalue weighted by Gasteiger charge is 2.26. The van der Waals surface area contributed by atoms with Gasteiger partial charge in [0.1, 0.15) is 5.82 Å². The highest BCUT2D eigenvalue weighted by Crippen LogP contribution is 2.33. The van der Waals surface area contributed by atoms with Gasteiger partial charge in [0.15, 0.2) is 0 Å². The molecule has 0 bridgehead atoms. The van der Waals surface area contributed by atoms with Crippen LogP contribution in [0.2, 0.25) is 0 Å². The fourth-order valence-corrected chi connectivity index (χ4v) is 3.62. The molecule has 3 rings (SSSR count). The van der Waals surface area contributed by atoms with Crippen molar-refractivity contribution in [2.45, 2.75) is 45.0 Å². The van der Waals surface area contributed by atoms with Crippen LogP contribution < -0.4 is 0 Å². The van der Waals surface area contributed by atoms with Crippen LogP contribution in [-0.2, 0) is 0 Å². The highest BCUT2D eigenvalue weighted by atomic mass is 35.5. The van der Waals surface area contributed by atoms with Gasteiger partial charge >= 0.3 is 0 Å². The number of likely N-dealkylation sites (tertiary alicyclic amines) is 1. The van der Waals surface area contributed by atoms with Crippen LogP contribution in [0.3, 0.4) is 0 Å². The second kappa shape index (κ2) is 5.98. The number of alkyl halides is 1. The van der Waals surface area contributed by atoms with Gasteiger partial charge in [-0.25, -0.2) is 4.98 Å². The topological polar surface area (TPSA) is 21.1 Å². The van der Waals surface area contributed by atoms with Crippen LogP contribution in [0.15, 0.2) is 18.2 Å². The number of hydrogen-bond acceptors (Lipinski definition) is 2. The lowest BCUT2D eigenvalue weighted by Crippen LogP contribution is -2.36. The van der Waals surface area contributed by atoms with Crippen molar-refractivity contribution in [3.05, 3.63) is 29.6 Å². The molecule has 0 amide bonds. The summed E-state index contributed by atoms with van der Waals surface area (Å²) in [6, 6.07) is 6.92. The largest absolute Gasteiger partial charge is 0.322 e. The molecule has 1 aromatic heterocycles. The van der Waals surface area contributed by atoms with E-state index >= 15 is 0 Å². The average molecular weight is 306 g/mol. The van der Waals surface area contributed by atoms with E-state index in [0.717, 1.165) is 24.4 Å². The molecule has 2 heterocycles. The molecule has 3 nitrogen and oxygen atoms in total. The van der Waals surface area contributed by atoms with Gasteiger partial charge in [-0.15, -0.1) is 11.6 Å². The van der Waals surface area contributed by atoms with Crippen LogP contribution in [-0.4, -0.2) is 34.1 Å². The summed E-state index contributed by atoms with van der Waals surface area (Å²) in [6.45, 7) is 9.82. The Morgan fingerprint density at radius 3 is 2.95 bits per heavy atom. The second-order valence-electron chi connectivity index (χ2n) is 6.09. The molecule has 0 N–H and O–H groups in total. The molecule has 0 spiro atoms. The Hall–Kier alpha value is -1.06. The molecule has 2 unspecified atom stereocenters. The average Bonchev–Trinajstić information content (AvgIpc) is 2.88. The summed E-state index contributed by atoms with van der Waals surface area (Å²) in [4.78, 5) is 7.38. The van der Waals surface area contributed by atoms with E-state index in [4.69, 9.17) is 16.6 Å². The van der Waals surface area contributed by atoms with Crippen molar-refractivity contribution in [2.24, 2.45) is 0 Å². The molecule has 21 heavy (non-hydrogen) atoms. The van der Waals surface area contributed by atoms with E-state index < -0.39 is 0 Å². The van der Waals surface area contributed by atoms with E-state index in [0.29, 0.717) is 6.04 Å². The third-order valence-corrected chi connectivity index (χ3v) is 4.79. The molecule has 1 fully saturated rings.